The zero-order valence-electron chi connectivity index (χ0n) is 78.0. The third-order valence-electron chi connectivity index (χ3n) is 19.2. The Labute approximate surface area is 786 Å². The van der Waals surface area contributed by atoms with Gasteiger partial charge < -0.3 is 120 Å². The number of rotatable bonds is 48. The Morgan fingerprint density at radius 3 is 1.17 bits per heavy atom. The second kappa shape index (κ2) is 62.2. The number of anilines is 7. The first-order chi connectivity index (χ1) is 63.5. The van der Waals surface area contributed by atoms with Crippen molar-refractivity contribution in [2.75, 3.05) is 292 Å². The van der Waals surface area contributed by atoms with Crippen molar-refractivity contribution in [3.63, 3.8) is 0 Å². The van der Waals surface area contributed by atoms with Crippen molar-refractivity contribution >= 4 is 158 Å². The highest BCUT2D eigenvalue weighted by atomic mass is 35.5. The lowest BCUT2D eigenvalue weighted by Gasteiger charge is -2.24. The molecular formula is C90H133Cl3N22O17. The summed E-state index contributed by atoms with van der Waals surface area (Å²) >= 11 is 17.5. The highest BCUT2D eigenvalue weighted by Gasteiger charge is 2.29. The number of hydrogen-bond donors (Lipinski definition) is 10. The van der Waals surface area contributed by atoms with Gasteiger partial charge in [0.15, 0.2) is 11.6 Å². The first-order valence-corrected chi connectivity index (χ1v) is 44.4. The first kappa shape index (κ1) is 112. The van der Waals surface area contributed by atoms with E-state index in [1.807, 2.05) is 121 Å². The average molecular weight is 1900 g/mol. The SMILES string of the molecule is CCCCN(C)C.CCOCc1nc2c(N(C)CCN(C)C)nc3ccccc3c2n1CCOCCO.CN(C)CCN(C)c1nc2ccccc2c(NCCOCCO)c1N.CN(C)CCN(C)c1nc2ccccc2c(NCCOCCO)c1[N+](=O)[O-].NCCOCCO.O=[N+]([O-])c1c(Cl)nc2ccccc2c1Cl.O=[N+]([O-])c1c(Cl)nc2ccccc2c1NCCOCCO. The Hall–Kier alpha value is -10.4. The number of nitrogens with two attached hydrogens (primary N) is 2. The van der Waals surface area contributed by atoms with E-state index in [1.54, 1.807) is 53.4 Å². The van der Waals surface area contributed by atoms with Crippen LogP contribution in [0.2, 0.25) is 15.3 Å². The van der Waals surface area contributed by atoms with Crippen LogP contribution in [0.5, 0.6) is 0 Å². The number of imidazole rings is 1. The third-order valence-corrected chi connectivity index (χ3v) is 20.1. The molecule has 0 bridgehead atoms. The number of nitro groups is 3. The lowest BCUT2D eigenvalue weighted by Crippen LogP contribution is -2.29. The molecule has 0 aliphatic carbocycles. The minimum atomic E-state index is -0.635. The molecule has 0 amide bonds. The number of likely N-dealkylation sites (N-methyl/N-ethyl adjacent to an activating group) is 6. The number of fused-ring (bicyclic) bond motifs is 7. The number of pyridine rings is 5. The number of aliphatic hydroxyl groups excluding tert-OH is 5. The molecule has 726 valence electrons. The van der Waals surface area contributed by atoms with Gasteiger partial charge >= 0.3 is 17.1 Å². The quantitative estimate of drug-likeness (QED) is 0.00733. The van der Waals surface area contributed by atoms with E-state index in [9.17, 15) is 30.3 Å². The lowest BCUT2D eigenvalue weighted by atomic mass is 10.1. The number of halogens is 3. The number of ether oxygens (including phenoxy) is 6. The van der Waals surface area contributed by atoms with Gasteiger partial charge in [-0.1, -0.05) is 139 Å². The smallest absolute Gasteiger partial charge is 0.335 e. The van der Waals surface area contributed by atoms with Crippen LogP contribution in [0.1, 0.15) is 32.5 Å². The summed E-state index contributed by atoms with van der Waals surface area (Å²) in [5.41, 5.74) is 18.7. The predicted molar refractivity (Wildman–Crippen MR) is 530 cm³/mol. The van der Waals surface area contributed by atoms with E-state index in [1.165, 1.54) is 19.4 Å². The van der Waals surface area contributed by atoms with Crippen molar-refractivity contribution in [1.29, 1.82) is 0 Å². The number of para-hydroxylation sites is 5. The van der Waals surface area contributed by atoms with Crippen LogP contribution in [0.3, 0.4) is 0 Å². The number of unbranched alkanes of at least 4 members (excludes halogenated alkanes) is 1. The maximum atomic E-state index is 11.9. The Bertz CT molecular complexity index is 5270. The summed E-state index contributed by atoms with van der Waals surface area (Å²) in [6.07, 6.45) is 2.63. The second-order valence-corrected chi connectivity index (χ2v) is 31.6. The summed E-state index contributed by atoms with van der Waals surface area (Å²) in [6.45, 7) is 17.6. The van der Waals surface area contributed by atoms with Crippen LogP contribution < -0.4 is 42.1 Å². The Balaban J connectivity index is 0.000000284. The second-order valence-electron chi connectivity index (χ2n) is 30.5. The Morgan fingerprint density at radius 1 is 0.402 bits per heavy atom. The minimum absolute atomic E-state index is 0.0180. The van der Waals surface area contributed by atoms with Gasteiger partial charge in [-0.2, -0.15) is 0 Å². The molecule has 0 unspecified atom stereocenters. The molecule has 0 aliphatic heterocycles. The molecule has 6 aromatic heterocycles. The molecule has 12 N–H and O–H groups in total. The van der Waals surface area contributed by atoms with Gasteiger partial charge in [0.1, 0.15) is 34.3 Å². The number of aliphatic hydroxyl groups is 5. The molecule has 132 heavy (non-hydrogen) atoms. The van der Waals surface area contributed by atoms with Crippen molar-refractivity contribution in [3.05, 3.63) is 173 Å². The fourth-order valence-electron chi connectivity index (χ4n) is 12.6. The van der Waals surface area contributed by atoms with E-state index >= 15 is 0 Å². The fourth-order valence-corrected chi connectivity index (χ4v) is 13.5. The monoisotopic (exact) mass is 1900 g/mol. The summed E-state index contributed by atoms with van der Waals surface area (Å²) in [4.78, 5) is 73.9. The summed E-state index contributed by atoms with van der Waals surface area (Å²) in [6, 6.07) is 37.3. The molecule has 0 aliphatic rings. The third kappa shape index (κ3) is 36.6. The van der Waals surface area contributed by atoms with Crippen molar-refractivity contribution in [3.8, 4) is 0 Å². The fraction of sp³-hybridized carbons (Fsp3) is 0.489. The van der Waals surface area contributed by atoms with E-state index in [-0.39, 0.29) is 78.6 Å². The molecule has 5 aromatic carbocycles. The summed E-state index contributed by atoms with van der Waals surface area (Å²) in [7, 11) is 22.2. The van der Waals surface area contributed by atoms with Crippen LogP contribution in [0, 0.1) is 30.3 Å². The van der Waals surface area contributed by atoms with Crippen molar-refractivity contribution in [1.82, 2.24) is 54.1 Å². The van der Waals surface area contributed by atoms with Gasteiger partial charge in [-0.25, -0.2) is 29.9 Å². The molecule has 0 spiro atoms. The van der Waals surface area contributed by atoms with Gasteiger partial charge in [0, 0.05) is 127 Å². The average Bonchev–Trinajstić information content (AvgIpc) is 1.69. The highest BCUT2D eigenvalue weighted by Crippen LogP contribution is 2.42. The van der Waals surface area contributed by atoms with E-state index in [2.05, 4.69) is 108 Å². The van der Waals surface area contributed by atoms with Crippen molar-refractivity contribution in [2.45, 2.75) is 39.8 Å². The van der Waals surface area contributed by atoms with Gasteiger partial charge in [0.2, 0.25) is 16.1 Å². The number of hydrogen-bond acceptors (Lipinski definition) is 35. The van der Waals surface area contributed by atoms with Crippen LogP contribution in [-0.2, 0) is 41.6 Å². The molecule has 6 heterocycles. The van der Waals surface area contributed by atoms with E-state index < -0.39 is 14.8 Å². The molecule has 0 saturated heterocycles. The van der Waals surface area contributed by atoms with Crippen LogP contribution >= 0.6 is 34.8 Å². The zero-order valence-corrected chi connectivity index (χ0v) is 80.3. The molecule has 0 atom stereocenters. The van der Waals surface area contributed by atoms with E-state index in [0.717, 1.165) is 88.7 Å². The molecule has 42 heteroatoms. The largest absolute Gasteiger partial charge is 0.394 e. The van der Waals surface area contributed by atoms with Gasteiger partial charge in [0.05, 0.1) is 158 Å². The van der Waals surface area contributed by atoms with Crippen molar-refractivity contribution < 1.29 is 68.7 Å². The normalized spacial score (nSPS) is 11.0. The lowest BCUT2D eigenvalue weighted by molar-refractivity contribution is -0.384. The van der Waals surface area contributed by atoms with Crippen LogP contribution in [-0.4, -0.2) is 350 Å². The van der Waals surface area contributed by atoms with E-state index in [0.29, 0.717) is 161 Å². The van der Waals surface area contributed by atoms with E-state index in [4.69, 9.17) is 115 Å². The summed E-state index contributed by atoms with van der Waals surface area (Å²) < 4.78 is 33.9. The van der Waals surface area contributed by atoms with Crippen molar-refractivity contribution in [2.24, 2.45) is 5.73 Å². The molecule has 11 aromatic rings. The van der Waals surface area contributed by atoms with Crippen LogP contribution in [0.25, 0.3) is 65.5 Å². The molecule has 0 saturated carbocycles. The highest BCUT2D eigenvalue weighted by molar-refractivity contribution is 6.41. The molecule has 11 rings (SSSR count). The maximum absolute atomic E-state index is 11.9. The maximum Gasteiger partial charge on any atom is 0.335 e. The van der Waals surface area contributed by atoms with Gasteiger partial charge in [-0.15, -0.1) is 0 Å². The van der Waals surface area contributed by atoms with Crippen LogP contribution in [0.4, 0.5) is 57.3 Å². The van der Waals surface area contributed by atoms with Gasteiger partial charge in [-0.05, 0) is 107 Å². The molecule has 0 fully saturated rings. The molecule has 39 nitrogen and oxygen atoms in total. The minimum Gasteiger partial charge on any atom is -0.394 e. The number of nitrogens with zero attached hydrogens (tertiary/aromatic N) is 17. The topological polar surface area (TPSA) is 479 Å². The number of aromatic nitrogens is 7. The summed E-state index contributed by atoms with van der Waals surface area (Å²) in [5.74, 6) is 2.84. The first-order valence-electron chi connectivity index (χ1n) is 43.3. The molecular weight excluding hydrogens is 1770 g/mol. The Morgan fingerprint density at radius 2 is 0.750 bits per heavy atom. The predicted octanol–water partition coefficient (Wildman–Crippen LogP) is 10.9. The summed E-state index contributed by atoms with van der Waals surface area (Å²) in [5, 5.41) is 90.1. The molecule has 0 radical (unpaired) electrons. The van der Waals surface area contributed by atoms with Gasteiger partial charge in [0.25, 0.3) is 0 Å². The van der Waals surface area contributed by atoms with Crippen LogP contribution in [0.15, 0.2) is 121 Å². The standard InChI is InChI=1S/C22H33N5O3.C18H27N5O4.C18H29N5O2.C13H14ClN3O4.C9H4Cl2N2O2.C6H15N.C4H11NO2/c1-5-29-16-19-24-20-21(27(19)12-14-30-15-13-28)17-8-6-7-9-18(17)23-22(20)26(4)11-10-25(2)3;1-21(2)9-10-22(3)18-17(23(25)26)16(19-8-12-27-13-11-24)14-6-4-5-7-15(14)20-18;1-22(2)9-10-23(3)18-16(19)17(20-8-12-25-13-11-24)14-6-4-5-7-15(14)21-18;14-13-12(17(19)20)11(15-5-7-21-8-6-18)9-3-1-2-4-10(9)16-13;10-7-5-3-1-2-4-6(5)12-9(11)8(7)13(14)15;1-4-5-6-7(2)3;5-1-3-7-4-2-6/h6-9,28H,5,10-16H2,1-4H3;4-7,24H,8-13H2,1-3H3,(H,19,20);4-7,24H,8-13,19H2,1-3H3,(H,20,21);1-4,18H,5-8H2,(H,15,16);1-4H;4-6H2,1-3H3;6H,1-5H2. The zero-order chi connectivity index (χ0) is 97.0. The number of benzene rings is 5. The number of nitrogens with one attached hydrogen (secondary N) is 3. The Kier molecular flexibility index (Phi) is 52.8. The number of nitrogen functional groups attached to an aromatic ring is 1. The van der Waals surface area contributed by atoms with Gasteiger partial charge in [-0.3, -0.25) is 30.3 Å².